The van der Waals surface area contributed by atoms with Gasteiger partial charge in [0.15, 0.2) is 0 Å². The second-order valence-corrected chi connectivity index (χ2v) is 7.85. The molecule has 5 heteroatoms. The van der Waals surface area contributed by atoms with Crippen LogP contribution in [-0.4, -0.2) is 41.2 Å². The topological polar surface area (TPSA) is 61.8 Å². The molecule has 1 spiro atoms. The van der Waals surface area contributed by atoms with Crippen molar-refractivity contribution in [1.29, 1.82) is 0 Å². The van der Waals surface area contributed by atoms with Crippen LogP contribution in [0.4, 0.5) is 0 Å². The van der Waals surface area contributed by atoms with Crippen molar-refractivity contribution in [3.63, 3.8) is 0 Å². The summed E-state index contributed by atoms with van der Waals surface area (Å²) in [5, 5.41) is 3.08. The van der Waals surface area contributed by atoms with E-state index in [1.807, 2.05) is 61.2 Å². The van der Waals surface area contributed by atoms with Gasteiger partial charge in [-0.3, -0.25) is 14.6 Å². The van der Waals surface area contributed by atoms with Gasteiger partial charge in [0.05, 0.1) is 0 Å². The monoisotopic (exact) mass is 375 g/mol. The van der Waals surface area contributed by atoms with Gasteiger partial charge >= 0.3 is 0 Å². The van der Waals surface area contributed by atoms with Crippen LogP contribution in [0.25, 0.3) is 0 Å². The summed E-state index contributed by atoms with van der Waals surface area (Å²) in [6.45, 7) is 7.21. The molecule has 2 aliphatic rings. The molecule has 1 N–H and O–H groups in total. The molecule has 144 valence electrons. The van der Waals surface area contributed by atoms with Gasteiger partial charge in [0.2, 0.25) is 0 Å². The lowest BCUT2D eigenvalue weighted by atomic mass is 9.97. The van der Waals surface area contributed by atoms with Crippen LogP contribution in [0.1, 0.15) is 45.5 Å². The molecule has 2 aromatic carbocycles. The Hall–Kier alpha value is -2.95. The van der Waals surface area contributed by atoms with Crippen LogP contribution >= 0.6 is 0 Å². The summed E-state index contributed by atoms with van der Waals surface area (Å²) in [7, 11) is 0. The molecule has 2 amide bonds. The average Bonchev–Trinajstić information content (AvgIpc) is 3.00. The highest BCUT2D eigenvalue weighted by molar-refractivity contribution is 6.46. The second kappa shape index (κ2) is 6.89. The summed E-state index contributed by atoms with van der Waals surface area (Å²) in [5.41, 5.74) is 4.84. The Bertz CT molecular complexity index is 985. The minimum atomic E-state index is -0.590. The number of aryl methyl sites for hydroxylation is 3. The van der Waals surface area contributed by atoms with Crippen LogP contribution in [0, 0.1) is 20.8 Å². The molecule has 1 fully saturated rings. The molecule has 0 bridgehead atoms. The summed E-state index contributed by atoms with van der Waals surface area (Å²) < 4.78 is 0. The third-order valence-corrected chi connectivity index (χ3v) is 5.92. The lowest BCUT2D eigenvalue weighted by molar-refractivity contribution is -0.115. The Kier molecular flexibility index (Phi) is 4.53. The van der Waals surface area contributed by atoms with Crippen molar-refractivity contribution in [3.05, 3.63) is 70.3 Å². The second-order valence-electron chi connectivity index (χ2n) is 7.85. The Morgan fingerprint density at radius 1 is 1.00 bits per heavy atom. The molecule has 5 nitrogen and oxygen atoms in total. The van der Waals surface area contributed by atoms with Gasteiger partial charge in [-0.1, -0.05) is 30.3 Å². The largest absolute Gasteiger partial charge is 0.338 e. The van der Waals surface area contributed by atoms with Crippen molar-refractivity contribution in [2.24, 2.45) is 4.99 Å². The lowest BCUT2D eigenvalue weighted by Crippen LogP contribution is -2.52. The van der Waals surface area contributed by atoms with E-state index in [9.17, 15) is 9.59 Å². The Morgan fingerprint density at radius 2 is 1.71 bits per heavy atom. The molecule has 0 saturated carbocycles. The molecule has 28 heavy (non-hydrogen) atoms. The highest BCUT2D eigenvalue weighted by Gasteiger charge is 2.43. The van der Waals surface area contributed by atoms with E-state index in [0.29, 0.717) is 31.6 Å². The number of hydrogen-bond donors (Lipinski definition) is 1. The molecule has 4 rings (SSSR count). The average molecular weight is 375 g/mol. The lowest BCUT2D eigenvalue weighted by Gasteiger charge is -2.37. The van der Waals surface area contributed by atoms with E-state index in [1.54, 1.807) is 0 Å². The number of rotatable bonds is 2. The first-order chi connectivity index (χ1) is 13.4. The van der Waals surface area contributed by atoms with Gasteiger partial charge in [0.1, 0.15) is 11.4 Å². The molecule has 0 aromatic heterocycles. The number of amides is 2. The molecule has 0 radical (unpaired) electrons. The molecule has 0 unspecified atom stereocenters. The van der Waals surface area contributed by atoms with Gasteiger partial charge < -0.3 is 10.2 Å². The van der Waals surface area contributed by atoms with Crippen LogP contribution in [-0.2, 0) is 4.79 Å². The Labute approximate surface area is 165 Å². The zero-order valence-electron chi connectivity index (χ0n) is 16.6. The van der Waals surface area contributed by atoms with Crippen LogP contribution in [0.15, 0.2) is 47.5 Å². The SMILES string of the molecule is Cc1ccc(C2=NC3(CCN(C(=O)c4ccccc4C)CC3)NC2=O)cc1C. The molecular weight excluding hydrogens is 350 g/mol. The number of benzene rings is 2. The van der Waals surface area contributed by atoms with E-state index >= 15 is 0 Å². The van der Waals surface area contributed by atoms with E-state index in [1.165, 1.54) is 5.56 Å². The maximum atomic E-state index is 12.8. The summed E-state index contributed by atoms with van der Waals surface area (Å²) in [4.78, 5) is 32.1. The number of nitrogens with zero attached hydrogens (tertiary/aromatic N) is 2. The Balaban J connectivity index is 1.52. The summed E-state index contributed by atoms with van der Waals surface area (Å²) in [6, 6.07) is 13.7. The van der Waals surface area contributed by atoms with E-state index < -0.39 is 5.66 Å². The third kappa shape index (κ3) is 3.21. The van der Waals surface area contributed by atoms with Crippen molar-refractivity contribution in [2.45, 2.75) is 39.3 Å². The molecule has 2 aromatic rings. The highest BCUT2D eigenvalue weighted by Crippen LogP contribution is 2.30. The Morgan fingerprint density at radius 3 is 2.39 bits per heavy atom. The van der Waals surface area contributed by atoms with Gasteiger partial charge in [-0.2, -0.15) is 0 Å². The van der Waals surface area contributed by atoms with Gasteiger partial charge in [-0.05, 0) is 49.6 Å². The zero-order valence-corrected chi connectivity index (χ0v) is 16.6. The first-order valence-corrected chi connectivity index (χ1v) is 9.73. The summed E-state index contributed by atoms with van der Waals surface area (Å²) in [6.07, 6.45) is 1.26. The zero-order chi connectivity index (χ0) is 19.9. The number of likely N-dealkylation sites (tertiary alicyclic amines) is 1. The van der Waals surface area contributed by atoms with Crippen LogP contribution in [0.3, 0.4) is 0 Å². The number of aliphatic imine (C=N–C) groups is 1. The molecule has 0 atom stereocenters. The van der Waals surface area contributed by atoms with E-state index in [0.717, 1.165) is 22.3 Å². The number of hydrogen-bond acceptors (Lipinski definition) is 3. The van der Waals surface area contributed by atoms with Gasteiger partial charge in [-0.25, -0.2) is 0 Å². The number of piperidine rings is 1. The number of carbonyl (C=O) groups is 2. The van der Waals surface area contributed by atoms with E-state index in [2.05, 4.69) is 12.2 Å². The van der Waals surface area contributed by atoms with Gasteiger partial charge in [0, 0.05) is 37.1 Å². The van der Waals surface area contributed by atoms with E-state index in [-0.39, 0.29) is 11.8 Å². The third-order valence-electron chi connectivity index (χ3n) is 5.92. The molecular formula is C23H25N3O2. The minimum absolute atomic E-state index is 0.0515. The highest BCUT2D eigenvalue weighted by atomic mass is 16.2. The quantitative estimate of drug-likeness (QED) is 0.876. The van der Waals surface area contributed by atoms with Gasteiger partial charge in [-0.15, -0.1) is 0 Å². The number of nitrogens with one attached hydrogen (secondary N) is 1. The minimum Gasteiger partial charge on any atom is -0.338 e. The first kappa shape index (κ1) is 18.4. The molecule has 2 aliphatic heterocycles. The molecule has 0 aliphatic carbocycles. The van der Waals surface area contributed by atoms with Crippen LogP contribution in [0.2, 0.25) is 0 Å². The fourth-order valence-electron chi connectivity index (χ4n) is 3.95. The van der Waals surface area contributed by atoms with E-state index in [4.69, 9.17) is 4.99 Å². The standard InChI is InChI=1S/C23H25N3O2/c1-15-8-9-18(14-17(15)3)20-21(27)25-23(24-20)10-12-26(13-11-23)22(28)19-7-5-4-6-16(19)2/h4-9,14H,10-13H2,1-3H3,(H,25,27). The van der Waals surface area contributed by atoms with Gasteiger partial charge in [0.25, 0.3) is 11.8 Å². The van der Waals surface area contributed by atoms with Crippen molar-refractivity contribution in [3.8, 4) is 0 Å². The van der Waals surface area contributed by atoms with Crippen molar-refractivity contribution < 1.29 is 9.59 Å². The fourth-order valence-corrected chi connectivity index (χ4v) is 3.95. The first-order valence-electron chi connectivity index (χ1n) is 9.73. The summed E-state index contributed by atoms with van der Waals surface area (Å²) in [5.74, 6) is -0.0717. The normalized spacial score (nSPS) is 18.2. The van der Waals surface area contributed by atoms with Crippen LogP contribution in [0.5, 0.6) is 0 Å². The maximum absolute atomic E-state index is 12.8. The number of carbonyl (C=O) groups excluding carboxylic acids is 2. The maximum Gasteiger partial charge on any atom is 0.272 e. The van der Waals surface area contributed by atoms with Crippen molar-refractivity contribution in [2.75, 3.05) is 13.1 Å². The predicted molar refractivity (Wildman–Crippen MR) is 110 cm³/mol. The molecule has 1 saturated heterocycles. The molecule has 2 heterocycles. The van der Waals surface area contributed by atoms with Crippen molar-refractivity contribution >= 4 is 17.5 Å². The van der Waals surface area contributed by atoms with Crippen LogP contribution < -0.4 is 5.32 Å². The fraction of sp³-hybridized carbons (Fsp3) is 0.348. The van der Waals surface area contributed by atoms with Crippen molar-refractivity contribution in [1.82, 2.24) is 10.2 Å². The summed E-state index contributed by atoms with van der Waals surface area (Å²) >= 11 is 0. The smallest absolute Gasteiger partial charge is 0.272 e. The predicted octanol–water partition coefficient (Wildman–Crippen LogP) is 3.16.